The summed E-state index contributed by atoms with van der Waals surface area (Å²) in [5.41, 5.74) is -0.0692. The molecule has 2 aliphatic rings. The number of hydrogen-bond acceptors (Lipinski definition) is 2. The molecule has 1 saturated carbocycles. The Morgan fingerprint density at radius 2 is 1.73 bits per heavy atom. The number of ether oxygens (including phenoxy) is 1. The number of fused-ring (bicyclic) bond motifs is 1. The fourth-order valence-electron chi connectivity index (χ4n) is 3.57. The van der Waals surface area contributed by atoms with Gasteiger partial charge in [0.05, 0.1) is 11.2 Å². The SMILES string of the molecule is CN1C[C@H]2C[C@H]2C1C(C)(C)OC(C)(C)C. The van der Waals surface area contributed by atoms with Crippen LogP contribution in [0.1, 0.15) is 41.0 Å². The Bertz CT molecular complexity index is 252. The van der Waals surface area contributed by atoms with Gasteiger partial charge in [-0.25, -0.2) is 0 Å². The molecule has 0 aromatic rings. The summed E-state index contributed by atoms with van der Waals surface area (Å²) in [6.45, 7) is 12.2. The summed E-state index contributed by atoms with van der Waals surface area (Å²) in [6.07, 6.45) is 1.42. The van der Waals surface area contributed by atoms with Crippen molar-refractivity contribution < 1.29 is 4.74 Å². The highest BCUT2D eigenvalue weighted by Crippen LogP contribution is 2.53. The first-order chi connectivity index (χ1) is 6.71. The third-order valence-corrected chi connectivity index (χ3v) is 3.66. The van der Waals surface area contributed by atoms with Gasteiger partial charge in [0, 0.05) is 12.6 Å². The minimum Gasteiger partial charge on any atom is -0.368 e. The zero-order chi connectivity index (χ0) is 11.4. The van der Waals surface area contributed by atoms with Crippen LogP contribution in [0.5, 0.6) is 0 Å². The molecular formula is C13H25NO. The lowest BCUT2D eigenvalue weighted by Crippen LogP contribution is -2.51. The highest BCUT2D eigenvalue weighted by molar-refractivity contribution is 5.09. The Kier molecular flexibility index (Phi) is 2.44. The van der Waals surface area contributed by atoms with Crippen LogP contribution in [-0.4, -0.2) is 35.7 Å². The summed E-state index contributed by atoms with van der Waals surface area (Å²) in [5.74, 6) is 1.86. The van der Waals surface area contributed by atoms with Crippen LogP contribution in [0.4, 0.5) is 0 Å². The first kappa shape index (κ1) is 11.4. The summed E-state index contributed by atoms with van der Waals surface area (Å²) in [7, 11) is 2.24. The molecule has 0 aromatic carbocycles. The van der Waals surface area contributed by atoms with E-state index in [9.17, 15) is 0 Å². The zero-order valence-electron chi connectivity index (χ0n) is 11.0. The van der Waals surface area contributed by atoms with Gasteiger partial charge in [-0.05, 0) is 59.9 Å². The molecule has 0 radical (unpaired) electrons. The van der Waals surface area contributed by atoms with Crippen LogP contribution in [0, 0.1) is 11.8 Å². The summed E-state index contributed by atoms with van der Waals surface area (Å²) in [6, 6.07) is 0.613. The van der Waals surface area contributed by atoms with Gasteiger partial charge in [-0.3, -0.25) is 4.90 Å². The van der Waals surface area contributed by atoms with Crippen molar-refractivity contribution in [2.45, 2.75) is 58.3 Å². The van der Waals surface area contributed by atoms with Crippen molar-refractivity contribution in [1.29, 1.82) is 0 Å². The van der Waals surface area contributed by atoms with Crippen LogP contribution in [0.15, 0.2) is 0 Å². The van der Waals surface area contributed by atoms with Gasteiger partial charge < -0.3 is 4.74 Å². The van der Waals surface area contributed by atoms with Crippen LogP contribution >= 0.6 is 0 Å². The van der Waals surface area contributed by atoms with E-state index in [0.717, 1.165) is 11.8 Å². The standard InChI is InChI=1S/C13H25NO/c1-12(2,3)15-13(4,5)11-10-7-9(10)8-14(11)6/h9-11H,7-8H2,1-6H3/t9-,10-,11?/m1/s1. The highest BCUT2D eigenvalue weighted by atomic mass is 16.5. The van der Waals surface area contributed by atoms with Crippen molar-refractivity contribution in [3.05, 3.63) is 0 Å². The largest absolute Gasteiger partial charge is 0.368 e. The molecule has 0 aromatic heterocycles. The van der Waals surface area contributed by atoms with Crippen molar-refractivity contribution in [1.82, 2.24) is 4.90 Å². The third kappa shape index (κ3) is 2.21. The van der Waals surface area contributed by atoms with Crippen LogP contribution in [0.3, 0.4) is 0 Å². The predicted octanol–water partition coefficient (Wildman–Crippen LogP) is 2.53. The van der Waals surface area contributed by atoms with E-state index in [1.165, 1.54) is 13.0 Å². The second-order valence-corrected chi connectivity index (χ2v) is 6.86. The molecule has 0 spiro atoms. The topological polar surface area (TPSA) is 12.5 Å². The Morgan fingerprint density at radius 3 is 2.13 bits per heavy atom. The number of rotatable bonds is 2. The van der Waals surface area contributed by atoms with Crippen molar-refractivity contribution in [2.24, 2.45) is 11.8 Å². The van der Waals surface area contributed by atoms with E-state index in [2.05, 4.69) is 46.6 Å². The van der Waals surface area contributed by atoms with Gasteiger partial charge in [-0.2, -0.15) is 0 Å². The van der Waals surface area contributed by atoms with E-state index in [0.29, 0.717) is 6.04 Å². The van der Waals surface area contributed by atoms with Gasteiger partial charge >= 0.3 is 0 Å². The number of likely N-dealkylation sites (N-methyl/N-ethyl adjacent to an activating group) is 1. The van der Waals surface area contributed by atoms with Gasteiger partial charge in [0.2, 0.25) is 0 Å². The normalized spacial score (nSPS) is 36.8. The monoisotopic (exact) mass is 211 g/mol. The van der Waals surface area contributed by atoms with Gasteiger partial charge in [0.1, 0.15) is 0 Å². The van der Waals surface area contributed by atoms with E-state index in [1.807, 2.05) is 0 Å². The maximum absolute atomic E-state index is 6.23. The lowest BCUT2D eigenvalue weighted by molar-refractivity contribution is -0.145. The maximum atomic E-state index is 6.23. The molecule has 3 atom stereocenters. The Labute approximate surface area is 94.0 Å². The van der Waals surface area contributed by atoms with E-state index in [4.69, 9.17) is 4.74 Å². The smallest absolute Gasteiger partial charge is 0.0790 e. The number of hydrogen-bond donors (Lipinski definition) is 0. The molecule has 0 amide bonds. The average molecular weight is 211 g/mol. The Balaban J connectivity index is 2.07. The minimum absolute atomic E-state index is 0.0249. The van der Waals surface area contributed by atoms with E-state index >= 15 is 0 Å². The first-order valence-corrected chi connectivity index (χ1v) is 6.11. The van der Waals surface area contributed by atoms with Crippen LogP contribution in [0.25, 0.3) is 0 Å². The van der Waals surface area contributed by atoms with Crippen molar-refractivity contribution in [2.75, 3.05) is 13.6 Å². The van der Waals surface area contributed by atoms with Crippen molar-refractivity contribution in [3.8, 4) is 0 Å². The van der Waals surface area contributed by atoms with Crippen LogP contribution in [0.2, 0.25) is 0 Å². The molecule has 2 heteroatoms. The summed E-state index contributed by atoms with van der Waals surface area (Å²) in [5, 5.41) is 0. The first-order valence-electron chi connectivity index (χ1n) is 6.11. The van der Waals surface area contributed by atoms with Gasteiger partial charge in [0.25, 0.3) is 0 Å². The molecule has 15 heavy (non-hydrogen) atoms. The number of piperidine rings is 1. The molecule has 2 fully saturated rings. The fourth-order valence-corrected chi connectivity index (χ4v) is 3.57. The summed E-state index contributed by atoms with van der Waals surface area (Å²) < 4.78 is 6.23. The molecule has 0 N–H and O–H groups in total. The molecular weight excluding hydrogens is 186 g/mol. The molecule has 1 saturated heterocycles. The lowest BCUT2D eigenvalue weighted by Gasteiger charge is -2.42. The minimum atomic E-state index is -0.0443. The second kappa shape index (κ2) is 3.21. The Hall–Kier alpha value is -0.0800. The molecule has 1 heterocycles. The van der Waals surface area contributed by atoms with E-state index < -0.39 is 0 Å². The van der Waals surface area contributed by atoms with Crippen LogP contribution < -0.4 is 0 Å². The lowest BCUT2D eigenvalue weighted by atomic mass is 9.93. The van der Waals surface area contributed by atoms with E-state index in [1.54, 1.807) is 0 Å². The number of nitrogens with zero attached hydrogens (tertiary/aromatic N) is 1. The van der Waals surface area contributed by atoms with E-state index in [-0.39, 0.29) is 11.2 Å². The predicted molar refractivity (Wildman–Crippen MR) is 62.9 cm³/mol. The second-order valence-electron chi connectivity index (χ2n) is 6.86. The highest BCUT2D eigenvalue weighted by Gasteiger charge is 2.57. The fraction of sp³-hybridized carbons (Fsp3) is 1.00. The van der Waals surface area contributed by atoms with Crippen molar-refractivity contribution >= 4 is 0 Å². The molecule has 0 bridgehead atoms. The third-order valence-electron chi connectivity index (χ3n) is 3.66. The average Bonchev–Trinajstić information content (AvgIpc) is 2.55. The molecule has 2 rings (SSSR count). The number of likely N-dealkylation sites (tertiary alicyclic amines) is 1. The van der Waals surface area contributed by atoms with Gasteiger partial charge in [-0.1, -0.05) is 0 Å². The molecule has 1 aliphatic carbocycles. The zero-order valence-corrected chi connectivity index (χ0v) is 11.0. The van der Waals surface area contributed by atoms with Gasteiger partial charge in [0.15, 0.2) is 0 Å². The quantitative estimate of drug-likeness (QED) is 0.696. The molecule has 88 valence electrons. The molecule has 1 unspecified atom stereocenters. The maximum Gasteiger partial charge on any atom is 0.0790 e. The molecule has 1 aliphatic heterocycles. The van der Waals surface area contributed by atoms with Gasteiger partial charge in [-0.15, -0.1) is 0 Å². The summed E-state index contributed by atoms with van der Waals surface area (Å²) >= 11 is 0. The Morgan fingerprint density at radius 1 is 1.13 bits per heavy atom. The summed E-state index contributed by atoms with van der Waals surface area (Å²) in [4.78, 5) is 2.49. The molecule has 2 nitrogen and oxygen atoms in total. The van der Waals surface area contributed by atoms with Crippen molar-refractivity contribution in [3.63, 3.8) is 0 Å². The van der Waals surface area contributed by atoms with Crippen LogP contribution in [-0.2, 0) is 4.74 Å².